The Hall–Kier alpha value is -0.0500. The summed E-state index contributed by atoms with van der Waals surface area (Å²) < 4.78 is 0.830. The van der Waals surface area contributed by atoms with Gasteiger partial charge in [0.05, 0.1) is 27.2 Å². The molecule has 0 fully saturated rings. The highest BCUT2D eigenvalue weighted by molar-refractivity contribution is 4.67. The van der Waals surface area contributed by atoms with Gasteiger partial charge in [-0.2, -0.15) is 0 Å². The van der Waals surface area contributed by atoms with Crippen molar-refractivity contribution >= 4 is 0 Å². The Morgan fingerprint density at radius 2 is 2.00 bits per heavy atom. The minimum Gasteiger partial charge on any atom is -1.00 e. The van der Waals surface area contributed by atoms with Crippen LogP contribution in [0.4, 0.5) is 0 Å². The van der Waals surface area contributed by atoms with Gasteiger partial charge in [0.2, 0.25) is 0 Å². The minimum absolute atomic E-state index is 0. The van der Waals surface area contributed by atoms with Gasteiger partial charge in [-0.1, -0.05) is 13.5 Å². The molecule has 0 bridgehead atoms. The van der Waals surface area contributed by atoms with Crippen molar-refractivity contribution in [1.29, 1.82) is 0 Å². The lowest BCUT2D eigenvalue weighted by molar-refractivity contribution is -0.910. The number of likely N-dealkylation sites (N-methyl/N-ethyl adjacent to an activating group) is 1. The molecule has 0 heterocycles. The molecule has 0 saturated heterocycles. The van der Waals surface area contributed by atoms with Crippen molar-refractivity contribution in [3.8, 4) is 0 Å². The van der Waals surface area contributed by atoms with E-state index in [1.807, 2.05) is 6.08 Å². The SMILES string of the molecule is C=CC[N+](C)(C)C(CC)CO.[Cl-]. The smallest absolute Gasteiger partial charge is 0.112 e. The van der Waals surface area contributed by atoms with Crippen LogP contribution in [0.25, 0.3) is 0 Å². The molecular weight excluding hydrogens is 174 g/mol. The molecule has 0 aromatic carbocycles. The van der Waals surface area contributed by atoms with Gasteiger partial charge in [-0.15, -0.1) is 0 Å². The van der Waals surface area contributed by atoms with Crippen LogP contribution in [-0.4, -0.2) is 42.9 Å². The molecule has 1 N–H and O–H groups in total. The number of aliphatic hydroxyl groups is 1. The van der Waals surface area contributed by atoms with E-state index >= 15 is 0 Å². The second-order valence-corrected chi connectivity index (χ2v) is 3.49. The second kappa shape index (κ2) is 6.46. The summed E-state index contributed by atoms with van der Waals surface area (Å²) in [6, 6.07) is 0.341. The van der Waals surface area contributed by atoms with E-state index in [-0.39, 0.29) is 19.0 Å². The van der Waals surface area contributed by atoms with E-state index < -0.39 is 0 Å². The zero-order chi connectivity index (χ0) is 8.91. The average molecular weight is 194 g/mol. The molecule has 0 radical (unpaired) electrons. The molecule has 1 unspecified atom stereocenters. The van der Waals surface area contributed by atoms with Gasteiger partial charge in [-0.3, -0.25) is 0 Å². The fourth-order valence-electron chi connectivity index (χ4n) is 1.33. The summed E-state index contributed by atoms with van der Waals surface area (Å²) in [4.78, 5) is 0. The van der Waals surface area contributed by atoms with Crippen molar-refractivity contribution in [1.82, 2.24) is 0 Å². The van der Waals surface area contributed by atoms with E-state index in [0.717, 1.165) is 17.4 Å². The fourth-order valence-corrected chi connectivity index (χ4v) is 1.33. The van der Waals surface area contributed by atoms with E-state index in [2.05, 4.69) is 27.6 Å². The van der Waals surface area contributed by atoms with Crippen molar-refractivity contribution in [3.63, 3.8) is 0 Å². The molecule has 0 aliphatic carbocycles. The number of quaternary nitrogens is 1. The number of nitrogens with zero attached hydrogens (tertiary/aromatic N) is 1. The predicted octanol–water partition coefficient (Wildman–Crippen LogP) is -1.98. The van der Waals surface area contributed by atoms with Crippen LogP contribution < -0.4 is 12.4 Å². The number of rotatable bonds is 5. The highest BCUT2D eigenvalue weighted by Gasteiger charge is 2.23. The van der Waals surface area contributed by atoms with Crippen LogP contribution >= 0.6 is 0 Å². The van der Waals surface area contributed by atoms with Gasteiger partial charge in [0.25, 0.3) is 0 Å². The zero-order valence-electron chi connectivity index (χ0n) is 8.26. The minimum atomic E-state index is 0. The lowest BCUT2D eigenvalue weighted by Gasteiger charge is -2.35. The van der Waals surface area contributed by atoms with Crippen LogP contribution in [0, 0.1) is 0 Å². The normalized spacial score (nSPS) is 13.3. The molecule has 0 aromatic rings. The maximum Gasteiger partial charge on any atom is 0.112 e. The molecule has 74 valence electrons. The largest absolute Gasteiger partial charge is 1.00 e. The van der Waals surface area contributed by atoms with Gasteiger partial charge in [-0.25, -0.2) is 0 Å². The van der Waals surface area contributed by atoms with E-state index in [4.69, 9.17) is 5.11 Å². The first-order valence-corrected chi connectivity index (χ1v) is 4.13. The molecule has 0 aliphatic rings. The van der Waals surface area contributed by atoms with Crippen LogP contribution in [0.1, 0.15) is 13.3 Å². The van der Waals surface area contributed by atoms with Gasteiger partial charge < -0.3 is 22.0 Å². The standard InChI is InChI=1S/C9H20NO.ClH/c1-5-7-10(3,4)9(6-2)8-11;/h5,9,11H,1,6-8H2,2-4H3;1H/q+1;/p-1. The summed E-state index contributed by atoms with van der Waals surface area (Å²) in [5.41, 5.74) is 0. The monoisotopic (exact) mass is 193 g/mol. The fraction of sp³-hybridized carbons (Fsp3) is 0.778. The molecule has 0 aromatic heterocycles. The Balaban J connectivity index is 0. The van der Waals surface area contributed by atoms with Gasteiger partial charge in [0, 0.05) is 0 Å². The predicted molar refractivity (Wildman–Crippen MR) is 48.3 cm³/mol. The average Bonchev–Trinajstić information content (AvgIpc) is 1.89. The molecule has 0 saturated carbocycles. The number of halogens is 1. The third-order valence-electron chi connectivity index (χ3n) is 2.27. The van der Waals surface area contributed by atoms with E-state index in [1.54, 1.807) is 0 Å². The molecule has 0 rings (SSSR count). The van der Waals surface area contributed by atoms with Crippen molar-refractivity contribution in [2.24, 2.45) is 0 Å². The van der Waals surface area contributed by atoms with E-state index in [0.29, 0.717) is 6.04 Å². The summed E-state index contributed by atoms with van der Waals surface area (Å²) >= 11 is 0. The molecular formula is C9H20ClNO. The maximum absolute atomic E-state index is 9.04. The topological polar surface area (TPSA) is 20.2 Å². The summed E-state index contributed by atoms with van der Waals surface area (Å²) in [5.74, 6) is 0. The Kier molecular flexibility index (Phi) is 7.80. The van der Waals surface area contributed by atoms with Gasteiger partial charge in [0.15, 0.2) is 0 Å². The first-order valence-electron chi connectivity index (χ1n) is 4.13. The second-order valence-electron chi connectivity index (χ2n) is 3.49. The highest BCUT2D eigenvalue weighted by atomic mass is 35.5. The number of aliphatic hydroxyl groups excluding tert-OH is 1. The molecule has 2 nitrogen and oxygen atoms in total. The Bertz CT molecular complexity index is 122. The first-order chi connectivity index (χ1) is 5.08. The van der Waals surface area contributed by atoms with Crippen molar-refractivity contribution in [2.45, 2.75) is 19.4 Å². The van der Waals surface area contributed by atoms with Gasteiger partial charge in [-0.05, 0) is 12.5 Å². The Morgan fingerprint density at radius 1 is 1.50 bits per heavy atom. The van der Waals surface area contributed by atoms with Crippen LogP contribution in [0.3, 0.4) is 0 Å². The highest BCUT2D eigenvalue weighted by Crippen LogP contribution is 2.09. The summed E-state index contributed by atoms with van der Waals surface area (Å²) in [6.07, 6.45) is 2.91. The van der Waals surface area contributed by atoms with Crippen molar-refractivity contribution in [3.05, 3.63) is 12.7 Å². The van der Waals surface area contributed by atoms with Crippen LogP contribution in [0.15, 0.2) is 12.7 Å². The molecule has 0 aliphatic heterocycles. The molecule has 3 heteroatoms. The van der Waals surface area contributed by atoms with Gasteiger partial charge >= 0.3 is 0 Å². The van der Waals surface area contributed by atoms with Crippen molar-refractivity contribution < 1.29 is 22.0 Å². The lowest BCUT2D eigenvalue weighted by Crippen LogP contribution is -3.00. The lowest BCUT2D eigenvalue weighted by atomic mass is 10.2. The van der Waals surface area contributed by atoms with Gasteiger partial charge in [0.1, 0.15) is 6.04 Å². The molecule has 0 amide bonds. The Labute approximate surface area is 81.9 Å². The maximum atomic E-state index is 9.04. The molecule has 0 spiro atoms. The summed E-state index contributed by atoms with van der Waals surface area (Å²) in [7, 11) is 4.23. The number of hydrogen-bond donors (Lipinski definition) is 1. The number of hydrogen-bond acceptors (Lipinski definition) is 1. The van der Waals surface area contributed by atoms with E-state index in [9.17, 15) is 0 Å². The third kappa shape index (κ3) is 4.10. The molecule has 12 heavy (non-hydrogen) atoms. The van der Waals surface area contributed by atoms with Crippen LogP contribution in [0.2, 0.25) is 0 Å². The third-order valence-corrected chi connectivity index (χ3v) is 2.27. The van der Waals surface area contributed by atoms with Crippen molar-refractivity contribution in [2.75, 3.05) is 27.2 Å². The Morgan fingerprint density at radius 3 is 2.25 bits per heavy atom. The quantitative estimate of drug-likeness (QED) is 0.397. The molecule has 1 atom stereocenters. The zero-order valence-corrected chi connectivity index (χ0v) is 9.01. The van der Waals surface area contributed by atoms with Crippen LogP contribution in [0.5, 0.6) is 0 Å². The summed E-state index contributed by atoms with van der Waals surface area (Å²) in [5, 5.41) is 9.04. The first kappa shape index (κ1) is 14.5. The van der Waals surface area contributed by atoms with Crippen LogP contribution in [-0.2, 0) is 0 Å². The van der Waals surface area contributed by atoms with E-state index in [1.165, 1.54) is 0 Å². The summed E-state index contributed by atoms with van der Waals surface area (Å²) in [6.45, 7) is 6.98.